The summed E-state index contributed by atoms with van der Waals surface area (Å²) >= 11 is 0. The Labute approximate surface area is 314 Å². The summed E-state index contributed by atoms with van der Waals surface area (Å²) in [6.45, 7) is 6.33. The van der Waals surface area contributed by atoms with Gasteiger partial charge in [-0.15, -0.1) is 0 Å². The lowest BCUT2D eigenvalue weighted by atomic mass is 9.99. The van der Waals surface area contributed by atoms with E-state index in [4.69, 9.17) is 5.73 Å². The van der Waals surface area contributed by atoms with E-state index in [9.17, 15) is 38.4 Å². The SMILES string of the molecule is CCCCC(NC(C)=O)C(=O)N[C@H]1CCC(=O)NCC[C@@H](C(N)=O)NC(=O)C(C)(C)NC(=O)[C@@H](Cc2ccccc2)NC(=O)[C@H](CC2=CNCN2)NC1=O. The predicted octanol–water partition coefficient (Wildman–Crippen LogP) is -2.07. The number of amides is 8. The van der Waals surface area contributed by atoms with Crippen molar-refractivity contribution in [1.29, 1.82) is 0 Å². The number of carbonyl (C=O) groups is 8. The summed E-state index contributed by atoms with van der Waals surface area (Å²) in [5, 5.41) is 24.5. The van der Waals surface area contributed by atoms with Gasteiger partial charge in [0.2, 0.25) is 47.3 Å². The highest BCUT2D eigenvalue weighted by Crippen LogP contribution is 2.12. The second kappa shape index (κ2) is 20.5. The average Bonchev–Trinajstić information content (AvgIpc) is 3.63. The molecule has 1 aromatic carbocycles. The third kappa shape index (κ3) is 13.7. The van der Waals surface area contributed by atoms with Gasteiger partial charge in [-0.1, -0.05) is 50.1 Å². The van der Waals surface area contributed by atoms with Crippen molar-refractivity contribution in [2.24, 2.45) is 5.73 Å². The molecule has 18 heteroatoms. The Hall–Kier alpha value is -5.68. The maximum Gasteiger partial charge on any atom is 0.245 e. The van der Waals surface area contributed by atoms with Crippen molar-refractivity contribution in [3.05, 3.63) is 47.8 Å². The smallest absolute Gasteiger partial charge is 0.245 e. The first-order valence-electron chi connectivity index (χ1n) is 18.2. The topological polar surface area (TPSA) is 271 Å². The molecule has 1 aromatic rings. The number of hydrogen-bond donors (Lipinski definition) is 10. The summed E-state index contributed by atoms with van der Waals surface area (Å²) < 4.78 is 0. The summed E-state index contributed by atoms with van der Waals surface area (Å²) in [7, 11) is 0. The van der Waals surface area contributed by atoms with E-state index >= 15 is 0 Å². The van der Waals surface area contributed by atoms with Gasteiger partial charge in [0.15, 0.2) is 0 Å². The first kappa shape index (κ1) is 42.7. The van der Waals surface area contributed by atoms with Gasteiger partial charge in [-0.3, -0.25) is 38.4 Å². The van der Waals surface area contributed by atoms with Crippen LogP contribution in [0, 0.1) is 0 Å². The molecular formula is C36H54N10O8. The molecule has 0 aliphatic carbocycles. The fourth-order valence-electron chi connectivity index (χ4n) is 5.81. The minimum atomic E-state index is -1.59. The molecule has 2 aliphatic rings. The number of hydrogen-bond acceptors (Lipinski definition) is 10. The Morgan fingerprint density at radius 3 is 2.22 bits per heavy atom. The summed E-state index contributed by atoms with van der Waals surface area (Å²) in [6, 6.07) is 2.83. The standard InChI is InChI=1S/C36H54N10O8/c1-5-6-12-25(41-21(2)47)31(50)42-26-13-14-29(48)39-16-15-24(30(37)49)45-35(54)36(3,4)46-34(53)27(17-22-10-8-7-9-11-22)43-33(52)28(44-32(26)51)18-23-19-38-20-40-23/h7-11,19,24-28,38,40H,5-6,12-18,20H2,1-4H3,(H2,37,49)(H,39,48)(H,41,47)(H,42,50)(H,43,52)(H,44,51)(H,45,54)(H,46,53)/t24-,25?,26-,27+,28-/m0/s1. The van der Waals surface area contributed by atoms with Crippen LogP contribution in [0.4, 0.5) is 0 Å². The van der Waals surface area contributed by atoms with Crippen LogP contribution in [0.5, 0.6) is 0 Å². The predicted molar refractivity (Wildman–Crippen MR) is 197 cm³/mol. The van der Waals surface area contributed by atoms with E-state index < -0.39 is 83.0 Å². The summed E-state index contributed by atoms with van der Waals surface area (Å²) in [5.74, 6) is -5.48. The zero-order valence-corrected chi connectivity index (χ0v) is 31.3. The molecule has 18 nitrogen and oxygen atoms in total. The van der Waals surface area contributed by atoms with Gasteiger partial charge < -0.3 is 53.6 Å². The second-order valence-electron chi connectivity index (χ2n) is 13.9. The van der Waals surface area contributed by atoms with Gasteiger partial charge in [0.05, 0.1) is 6.67 Å². The molecule has 8 amide bonds. The molecule has 54 heavy (non-hydrogen) atoms. The first-order valence-corrected chi connectivity index (χ1v) is 18.2. The molecule has 0 spiro atoms. The quantitative estimate of drug-likeness (QED) is 0.118. The van der Waals surface area contributed by atoms with Crippen LogP contribution in [0.25, 0.3) is 0 Å². The third-order valence-corrected chi connectivity index (χ3v) is 8.91. The lowest BCUT2D eigenvalue weighted by Crippen LogP contribution is -2.63. The number of rotatable bonds is 11. The highest BCUT2D eigenvalue weighted by Gasteiger charge is 2.37. The molecule has 2 aliphatic heterocycles. The fraction of sp³-hybridized carbons (Fsp3) is 0.556. The number of primary amides is 1. The van der Waals surface area contributed by atoms with Crippen molar-refractivity contribution in [2.45, 2.75) is 115 Å². The van der Waals surface area contributed by atoms with E-state index in [0.717, 1.165) is 6.42 Å². The molecular weight excluding hydrogens is 700 g/mol. The number of nitrogens with one attached hydrogen (secondary N) is 9. The molecule has 0 saturated carbocycles. The number of unbranched alkanes of at least 4 members (excludes halogenated alkanes) is 1. The molecule has 296 valence electrons. The largest absolute Gasteiger partial charge is 0.372 e. The Bertz CT molecular complexity index is 1570. The molecule has 0 radical (unpaired) electrons. The van der Waals surface area contributed by atoms with E-state index in [1.54, 1.807) is 36.5 Å². The van der Waals surface area contributed by atoms with Gasteiger partial charge in [0.25, 0.3) is 0 Å². The van der Waals surface area contributed by atoms with Crippen LogP contribution in [0.1, 0.15) is 78.2 Å². The second-order valence-corrected chi connectivity index (χ2v) is 13.9. The van der Waals surface area contributed by atoms with Crippen molar-refractivity contribution >= 4 is 47.3 Å². The highest BCUT2D eigenvalue weighted by molar-refractivity contribution is 5.98. The Morgan fingerprint density at radius 1 is 0.907 bits per heavy atom. The van der Waals surface area contributed by atoms with Crippen LogP contribution in [0.15, 0.2) is 42.2 Å². The zero-order valence-electron chi connectivity index (χ0n) is 31.3. The van der Waals surface area contributed by atoms with E-state index in [1.807, 2.05) is 6.92 Å². The highest BCUT2D eigenvalue weighted by atomic mass is 16.2. The molecule has 0 bridgehead atoms. The minimum absolute atomic E-state index is 0.0119. The van der Waals surface area contributed by atoms with Crippen LogP contribution < -0.4 is 53.6 Å². The Morgan fingerprint density at radius 2 is 1.59 bits per heavy atom. The number of carbonyl (C=O) groups excluding carboxylic acids is 8. The maximum absolute atomic E-state index is 14.1. The summed E-state index contributed by atoms with van der Waals surface area (Å²) in [4.78, 5) is 106. The summed E-state index contributed by atoms with van der Waals surface area (Å²) in [6.07, 6.45) is 2.71. The van der Waals surface area contributed by atoms with Gasteiger partial charge in [0.1, 0.15) is 35.7 Å². The molecule has 5 atom stereocenters. The van der Waals surface area contributed by atoms with E-state index in [1.165, 1.54) is 20.8 Å². The van der Waals surface area contributed by atoms with Gasteiger partial charge >= 0.3 is 0 Å². The molecule has 2 heterocycles. The normalized spacial score (nSPS) is 23.4. The first-order chi connectivity index (χ1) is 25.6. The molecule has 1 unspecified atom stereocenters. The van der Waals surface area contributed by atoms with Gasteiger partial charge in [0, 0.05) is 44.6 Å². The van der Waals surface area contributed by atoms with Gasteiger partial charge in [-0.25, -0.2) is 0 Å². The molecule has 0 aromatic heterocycles. The maximum atomic E-state index is 14.1. The molecule has 1 fully saturated rings. The number of nitrogens with two attached hydrogens (primary N) is 1. The van der Waals surface area contributed by atoms with E-state index in [-0.39, 0.29) is 38.6 Å². The van der Waals surface area contributed by atoms with Crippen LogP contribution in [-0.4, -0.2) is 96.2 Å². The van der Waals surface area contributed by atoms with Crippen LogP contribution >= 0.6 is 0 Å². The van der Waals surface area contributed by atoms with Crippen molar-refractivity contribution in [3.63, 3.8) is 0 Å². The molecule has 3 rings (SSSR count). The fourth-order valence-corrected chi connectivity index (χ4v) is 5.81. The Kier molecular flexibility index (Phi) is 16.2. The lowest BCUT2D eigenvalue weighted by molar-refractivity contribution is -0.137. The monoisotopic (exact) mass is 754 g/mol. The Balaban J connectivity index is 2.02. The van der Waals surface area contributed by atoms with Gasteiger partial charge in [-0.2, -0.15) is 0 Å². The van der Waals surface area contributed by atoms with Crippen molar-refractivity contribution < 1.29 is 38.4 Å². The van der Waals surface area contributed by atoms with Crippen LogP contribution in [-0.2, 0) is 44.8 Å². The van der Waals surface area contributed by atoms with Crippen molar-refractivity contribution in [1.82, 2.24) is 47.9 Å². The third-order valence-electron chi connectivity index (χ3n) is 8.91. The number of benzene rings is 1. The average molecular weight is 755 g/mol. The van der Waals surface area contributed by atoms with Crippen LogP contribution in [0.2, 0.25) is 0 Å². The minimum Gasteiger partial charge on any atom is -0.372 e. The van der Waals surface area contributed by atoms with Crippen molar-refractivity contribution in [2.75, 3.05) is 13.2 Å². The molecule has 1 saturated heterocycles. The lowest BCUT2D eigenvalue weighted by Gasteiger charge is -2.30. The van der Waals surface area contributed by atoms with E-state index in [2.05, 4.69) is 47.9 Å². The van der Waals surface area contributed by atoms with Crippen LogP contribution in [0.3, 0.4) is 0 Å². The van der Waals surface area contributed by atoms with E-state index in [0.29, 0.717) is 30.8 Å². The van der Waals surface area contributed by atoms with Gasteiger partial charge in [-0.05, 0) is 38.7 Å². The molecule has 11 N–H and O–H groups in total. The van der Waals surface area contributed by atoms with Crippen molar-refractivity contribution in [3.8, 4) is 0 Å². The zero-order chi connectivity index (χ0) is 39.8. The summed E-state index contributed by atoms with van der Waals surface area (Å²) in [5.41, 5.74) is 5.22.